The molecule has 204 valence electrons. The summed E-state index contributed by atoms with van der Waals surface area (Å²) in [6, 6.07) is 17.4. The molecule has 6 rings (SSSR count). The SMILES string of the molecule is Cc1cc(OCc2c(C3CC3)nnn2-c2c(Cl)cccc2Cl)ccc1-c1ccc2c(C(=O)O)cn(C(C)C)c2c1. The Kier molecular flexibility index (Phi) is 6.80. The van der Waals surface area contributed by atoms with E-state index in [1.54, 1.807) is 29.1 Å². The fraction of sp³-hybridized carbons (Fsp3) is 0.258. The molecule has 1 fully saturated rings. The van der Waals surface area contributed by atoms with E-state index in [-0.39, 0.29) is 12.6 Å². The molecule has 1 N–H and O–H groups in total. The minimum Gasteiger partial charge on any atom is -0.487 e. The third kappa shape index (κ3) is 4.73. The van der Waals surface area contributed by atoms with Crippen molar-refractivity contribution in [2.75, 3.05) is 0 Å². The van der Waals surface area contributed by atoms with Gasteiger partial charge in [0.25, 0.3) is 0 Å². The number of aromatic carboxylic acids is 1. The number of carboxylic acids is 1. The summed E-state index contributed by atoms with van der Waals surface area (Å²) in [6.07, 6.45) is 3.87. The molecular formula is C31H28Cl2N4O3. The number of aromatic nitrogens is 4. The number of hydrogen-bond donors (Lipinski definition) is 1. The van der Waals surface area contributed by atoms with Gasteiger partial charge < -0.3 is 14.4 Å². The van der Waals surface area contributed by atoms with Crippen molar-refractivity contribution in [3.63, 3.8) is 0 Å². The molecule has 0 atom stereocenters. The summed E-state index contributed by atoms with van der Waals surface area (Å²) in [4.78, 5) is 11.8. The smallest absolute Gasteiger partial charge is 0.337 e. The molecule has 0 amide bonds. The average molecular weight is 575 g/mol. The summed E-state index contributed by atoms with van der Waals surface area (Å²) in [6.45, 7) is 6.41. The van der Waals surface area contributed by atoms with Gasteiger partial charge >= 0.3 is 5.97 Å². The van der Waals surface area contributed by atoms with Crippen LogP contribution in [0.2, 0.25) is 10.0 Å². The molecule has 3 aromatic carbocycles. The molecule has 40 heavy (non-hydrogen) atoms. The van der Waals surface area contributed by atoms with E-state index in [4.69, 9.17) is 27.9 Å². The zero-order valence-corrected chi connectivity index (χ0v) is 23.9. The van der Waals surface area contributed by atoms with E-state index in [1.807, 2.05) is 55.7 Å². The van der Waals surface area contributed by atoms with Crippen LogP contribution in [0.1, 0.15) is 66.0 Å². The molecule has 0 saturated heterocycles. The number of ether oxygens (including phenoxy) is 1. The predicted octanol–water partition coefficient (Wildman–Crippen LogP) is 8.24. The second-order valence-corrected chi connectivity index (χ2v) is 11.3. The van der Waals surface area contributed by atoms with Gasteiger partial charge in [0, 0.05) is 29.1 Å². The molecule has 7 nitrogen and oxygen atoms in total. The minimum absolute atomic E-state index is 0.131. The van der Waals surface area contributed by atoms with Crippen LogP contribution in [-0.4, -0.2) is 30.6 Å². The molecule has 2 heterocycles. The normalized spacial score (nSPS) is 13.3. The number of carboxylic acid groups (broad SMARTS) is 1. The molecule has 0 aliphatic heterocycles. The predicted molar refractivity (Wildman–Crippen MR) is 157 cm³/mol. The number of para-hydroxylation sites is 1. The zero-order chi connectivity index (χ0) is 28.1. The highest BCUT2D eigenvalue weighted by Gasteiger charge is 2.32. The van der Waals surface area contributed by atoms with Gasteiger partial charge in [-0.3, -0.25) is 0 Å². The number of halogens is 2. The van der Waals surface area contributed by atoms with Gasteiger partial charge in [0.1, 0.15) is 23.7 Å². The first-order valence-corrected chi connectivity index (χ1v) is 14.0. The Bertz CT molecular complexity index is 1750. The lowest BCUT2D eigenvalue weighted by molar-refractivity contribution is 0.0698. The van der Waals surface area contributed by atoms with Crippen LogP contribution in [-0.2, 0) is 6.61 Å². The third-order valence-electron chi connectivity index (χ3n) is 7.41. The fourth-order valence-corrected chi connectivity index (χ4v) is 5.77. The summed E-state index contributed by atoms with van der Waals surface area (Å²) in [7, 11) is 0. The third-order valence-corrected chi connectivity index (χ3v) is 8.02. The van der Waals surface area contributed by atoms with Gasteiger partial charge in [-0.25, -0.2) is 9.48 Å². The number of nitrogens with zero attached hydrogens (tertiary/aromatic N) is 4. The second kappa shape index (κ2) is 10.3. The number of rotatable bonds is 8. The molecule has 1 saturated carbocycles. The fourth-order valence-electron chi connectivity index (χ4n) is 5.21. The van der Waals surface area contributed by atoms with Crippen LogP contribution < -0.4 is 4.74 Å². The van der Waals surface area contributed by atoms with Gasteiger partial charge in [-0.2, -0.15) is 0 Å². The molecular weight excluding hydrogens is 547 g/mol. The Morgan fingerprint density at radius 1 is 1.10 bits per heavy atom. The summed E-state index contributed by atoms with van der Waals surface area (Å²) in [5, 5.41) is 20.2. The van der Waals surface area contributed by atoms with Crippen molar-refractivity contribution in [1.29, 1.82) is 0 Å². The molecule has 0 radical (unpaired) electrons. The van der Waals surface area contributed by atoms with Crippen molar-refractivity contribution >= 4 is 40.1 Å². The van der Waals surface area contributed by atoms with Crippen LogP contribution in [0.25, 0.3) is 27.7 Å². The van der Waals surface area contributed by atoms with E-state index in [2.05, 4.69) is 16.4 Å². The van der Waals surface area contributed by atoms with Gasteiger partial charge in [-0.05, 0) is 80.6 Å². The Labute approximate surface area is 241 Å². The summed E-state index contributed by atoms with van der Waals surface area (Å²) < 4.78 is 9.98. The first kappa shape index (κ1) is 26.4. The van der Waals surface area contributed by atoms with Crippen LogP contribution in [0.15, 0.2) is 60.8 Å². The van der Waals surface area contributed by atoms with Gasteiger partial charge in [0.15, 0.2) is 0 Å². The second-order valence-electron chi connectivity index (χ2n) is 10.5. The monoisotopic (exact) mass is 574 g/mol. The number of benzene rings is 3. The van der Waals surface area contributed by atoms with Crippen molar-refractivity contribution in [1.82, 2.24) is 19.6 Å². The molecule has 0 unspecified atom stereocenters. The molecule has 0 spiro atoms. The van der Waals surface area contributed by atoms with Crippen LogP contribution in [0.5, 0.6) is 5.75 Å². The summed E-state index contributed by atoms with van der Waals surface area (Å²) in [5.41, 5.74) is 6.68. The molecule has 9 heteroatoms. The number of hydrogen-bond acceptors (Lipinski definition) is 4. The van der Waals surface area contributed by atoms with E-state index < -0.39 is 5.97 Å². The van der Waals surface area contributed by atoms with Crippen molar-refractivity contribution in [2.45, 2.75) is 52.2 Å². The van der Waals surface area contributed by atoms with E-state index in [1.165, 1.54) is 0 Å². The first-order chi connectivity index (χ1) is 19.2. The van der Waals surface area contributed by atoms with Crippen LogP contribution in [0.4, 0.5) is 0 Å². The highest BCUT2D eigenvalue weighted by atomic mass is 35.5. The molecule has 1 aliphatic carbocycles. The zero-order valence-electron chi connectivity index (χ0n) is 22.4. The summed E-state index contributed by atoms with van der Waals surface area (Å²) >= 11 is 13.0. The highest BCUT2D eigenvalue weighted by molar-refractivity contribution is 6.37. The Morgan fingerprint density at radius 3 is 2.50 bits per heavy atom. The number of aryl methyl sites for hydroxylation is 1. The van der Waals surface area contributed by atoms with Crippen molar-refractivity contribution in [3.8, 4) is 22.6 Å². The molecule has 2 aromatic heterocycles. The van der Waals surface area contributed by atoms with Gasteiger partial charge in [0.2, 0.25) is 0 Å². The minimum atomic E-state index is -0.923. The lowest BCUT2D eigenvalue weighted by Crippen LogP contribution is -2.08. The van der Waals surface area contributed by atoms with E-state index in [0.29, 0.717) is 27.2 Å². The van der Waals surface area contributed by atoms with Gasteiger partial charge in [-0.15, -0.1) is 5.10 Å². The van der Waals surface area contributed by atoms with Crippen LogP contribution in [0.3, 0.4) is 0 Å². The maximum absolute atomic E-state index is 11.8. The maximum Gasteiger partial charge on any atom is 0.337 e. The van der Waals surface area contributed by atoms with Crippen molar-refractivity contribution in [2.24, 2.45) is 0 Å². The average Bonchev–Trinajstić information content (AvgIpc) is 3.55. The topological polar surface area (TPSA) is 82.2 Å². The number of carbonyl (C=O) groups is 1. The quantitative estimate of drug-likeness (QED) is 0.202. The van der Waals surface area contributed by atoms with Gasteiger partial charge in [-0.1, -0.05) is 52.7 Å². The van der Waals surface area contributed by atoms with Crippen molar-refractivity contribution < 1.29 is 14.6 Å². The molecule has 5 aromatic rings. The standard InChI is InChI=1S/C31H28Cl2N4O3/c1-17(2)36-15-24(31(38)39)23-11-9-20(14-27(23)36)22-12-10-21(13-18(22)3)40-16-28-29(19-7-8-19)34-35-37(28)30-25(32)5-4-6-26(30)33/h4-6,9-15,17,19H,7-8,16H2,1-3H3,(H,38,39). The van der Waals surface area contributed by atoms with Crippen LogP contribution >= 0.6 is 23.2 Å². The largest absolute Gasteiger partial charge is 0.487 e. The lowest BCUT2D eigenvalue weighted by Gasteiger charge is -2.14. The summed E-state index contributed by atoms with van der Waals surface area (Å²) in [5.74, 6) is 0.174. The van der Waals surface area contributed by atoms with E-state index >= 15 is 0 Å². The Balaban J connectivity index is 1.30. The first-order valence-electron chi connectivity index (χ1n) is 13.2. The maximum atomic E-state index is 11.8. The van der Waals surface area contributed by atoms with Gasteiger partial charge in [0.05, 0.1) is 21.3 Å². The van der Waals surface area contributed by atoms with E-state index in [9.17, 15) is 9.90 Å². The Morgan fingerprint density at radius 2 is 1.85 bits per heavy atom. The molecule has 1 aliphatic rings. The highest BCUT2D eigenvalue weighted by Crippen LogP contribution is 2.42. The van der Waals surface area contributed by atoms with Crippen LogP contribution in [0, 0.1) is 6.92 Å². The van der Waals surface area contributed by atoms with E-state index in [0.717, 1.165) is 57.6 Å². The van der Waals surface area contributed by atoms with Crippen molar-refractivity contribution in [3.05, 3.63) is 93.4 Å². The Hall–Kier alpha value is -3.81. The number of fused-ring (bicyclic) bond motifs is 1. The lowest BCUT2D eigenvalue weighted by atomic mass is 9.99. The molecule has 0 bridgehead atoms.